The lowest BCUT2D eigenvalue weighted by Gasteiger charge is -2.18. The van der Waals surface area contributed by atoms with Crippen LogP contribution in [0.25, 0.3) is 0 Å². The second kappa shape index (κ2) is 6.11. The van der Waals surface area contributed by atoms with Crippen LogP contribution < -0.4 is 5.32 Å². The molecule has 1 N–H and O–H groups in total. The molecule has 98 valence electrons. The SMILES string of the molecule is CCNC(Cc1ncnn1CC)c1cscc1C. The van der Waals surface area contributed by atoms with Crippen LogP contribution >= 0.6 is 11.3 Å². The van der Waals surface area contributed by atoms with E-state index in [4.69, 9.17) is 0 Å². The highest BCUT2D eigenvalue weighted by Gasteiger charge is 2.17. The second-order valence-electron chi connectivity index (χ2n) is 4.32. The van der Waals surface area contributed by atoms with Gasteiger partial charge in [0, 0.05) is 19.0 Å². The van der Waals surface area contributed by atoms with Gasteiger partial charge in [-0.2, -0.15) is 16.4 Å². The standard InChI is InChI=1S/C13H20N4S/c1-4-14-12(11-8-18-7-10(11)3)6-13-15-9-16-17(13)5-2/h7-9,12,14H,4-6H2,1-3H3. The van der Waals surface area contributed by atoms with Crippen molar-refractivity contribution >= 4 is 11.3 Å². The molecule has 0 spiro atoms. The Kier molecular flexibility index (Phi) is 4.49. The maximum atomic E-state index is 4.36. The van der Waals surface area contributed by atoms with Crippen molar-refractivity contribution in [3.05, 3.63) is 34.0 Å². The number of nitrogens with one attached hydrogen (secondary N) is 1. The summed E-state index contributed by atoms with van der Waals surface area (Å²) in [6, 6.07) is 0.329. The van der Waals surface area contributed by atoms with E-state index in [1.165, 1.54) is 11.1 Å². The summed E-state index contributed by atoms with van der Waals surface area (Å²) in [7, 11) is 0. The minimum atomic E-state index is 0.329. The van der Waals surface area contributed by atoms with Crippen LogP contribution in [0.5, 0.6) is 0 Å². The van der Waals surface area contributed by atoms with E-state index in [-0.39, 0.29) is 0 Å². The van der Waals surface area contributed by atoms with Crippen LogP contribution in [0.1, 0.15) is 36.8 Å². The smallest absolute Gasteiger partial charge is 0.138 e. The predicted octanol–water partition coefficient (Wildman–Crippen LogP) is 2.56. The highest BCUT2D eigenvalue weighted by atomic mass is 32.1. The van der Waals surface area contributed by atoms with E-state index in [1.807, 2.05) is 4.68 Å². The molecule has 5 heteroatoms. The molecule has 0 radical (unpaired) electrons. The summed E-state index contributed by atoms with van der Waals surface area (Å²) < 4.78 is 1.96. The Hall–Kier alpha value is -1.20. The van der Waals surface area contributed by atoms with Crippen LogP contribution in [0, 0.1) is 6.92 Å². The first kappa shape index (κ1) is 13.2. The van der Waals surface area contributed by atoms with E-state index in [0.29, 0.717) is 6.04 Å². The van der Waals surface area contributed by atoms with Crippen LogP contribution in [-0.2, 0) is 13.0 Å². The molecule has 0 saturated carbocycles. The Morgan fingerprint density at radius 3 is 2.83 bits per heavy atom. The summed E-state index contributed by atoms with van der Waals surface area (Å²) in [5.41, 5.74) is 2.74. The van der Waals surface area contributed by atoms with Gasteiger partial charge in [-0.1, -0.05) is 6.92 Å². The first-order valence-electron chi connectivity index (χ1n) is 6.39. The van der Waals surface area contributed by atoms with Crippen molar-refractivity contribution in [1.82, 2.24) is 20.1 Å². The fourth-order valence-corrected chi connectivity index (χ4v) is 3.06. The monoisotopic (exact) mass is 264 g/mol. The molecule has 1 atom stereocenters. The molecular formula is C13H20N4S. The summed E-state index contributed by atoms with van der Waals surface area (Å²) in [6.45, 7) is 8.23. The van der Waals surface area contributed by atoms with Gasteiger partial charge < -0.3 is 5.32 Å². The first-order valence-corrected chi connectivity index (χ1v) is 7.33. The third-order valence-electron chi connectivity index (χ3n) is 3.10. The minimum Gasteiger partial charge on any atom is -0.310 e. The van der Waals surface area contributed by atoms with Crippen molar-refractivity contribution in [2.24, 2.45) is 0 Å². The van der Waals surface area contributed by atoms with Gasteiger partial charge in [-0.3, -0.25) is 4.68 Å². The molecule has 2 aromatic heterocycles. The molecule has 2 heterocycles. The van der Waals surface area contributed by atoms with Gasteiger partial charge in [0.15, 0.2) is 0 Å². The average molecular weight is 264 g/mol. The van der Waals surface area contributed by atoms with Gasteiger partial charge >= 0.3 is 0 Å². The average Bonchev–Trinajstić information content (AvgIpc) is 2.97. The Morgan fingerprint density at radius 2 is 2.22 bits per heavy atom. The van der Waals surface area contributed by atoms with Gasteiger partial charge in [0.2, 0.25) is 0 Å². The topological polar surface area (TPSA) is 42.7 Å². The van der Waals surface area contributed by atoms with E-state index in [0.717, 1.165) is 25.3 Å². The van der Waals surface area contributed by atoms with Gasteiger partial charge in [0.25, 0.3) is 0 Å². The van der Waals surface area contributed by atoms with Gasteiger partial charge in [-0.25, -0.2) is 4.98 Å². The highest BCUT2D eigenvalue weighted by Crippen LogP contribution is 2.24. The lowest BCUT2D eigenvalue weighted by Crippen LogP contribution is -2.24. The highest BCUT2D eigenvalue weighted by molar-refractivity contribution is 7.08. The fraction of sp³-hybridized carbons (Fsp3) is 0.538. The maximum Gasteiger partial charge on any atom is 0.138 e. The molecule has 0 bridgehead atoms. The largest absolute Gasteiger partial charge is 0.310 e. The molecule has 18 heavy (non-hydrogen) atoms. The van der Waals surface area contributed by atoms with Crippen LogP contribution in [-0.4, -0.2) is 21.3 Å². The molecule has 1 unspecified atom stereocenters. The van der Waals surface area contributed by atoms with E-state index in [9.17, 15) is 0 Å². The molecule has 2 aromatic rings. The maximum absolute atomic E-state index is 4.36. The fourth-order valence-electron chi connectivity index (χ4n) is 2.16. The van der Waals surface area contributed by atoms with Gasteiger partial charge in [0.05, 0.1) is 0 Å². The Balaban J connectivity index is 2.19. The van der Waals surface area contributed by atoms with Crippen molar-refractivity contribution in [1.29, 1.82) is 0 Å². The van der Waals surface area contributed by atoms with Crippen molar-refractivity contribution in [3.63, 3.8) is 0 Å². The van der Waals surface area contributed by atoms with Crippen LogP contribution in [0.15, 0.2) is 17.1 Å². The summed E-state index contributed by atoms with van der Waals surface area (Å²) >= 11 is 1.76. The minimum absolute atomic E-state index is 0.329. The quantitative estimate of drug-likeness (QED) is 0.872. The zero-order valence-corrected chi connectivity index (χ0v) is 12.0. The number of likely N-dealkylation sites (N-methyl/N-ethyl adjacent to an activating group) is 1. The zero-order valence-electron chi connectivity index (χ0n) is 11.2. The molecule has 0 fully saturated rings. The number of rotatable bonds is 6. The van der Waals surface area contributed by atoms with Gasteiger partial charge in [0.1, 0.15) is 12.2 Å². The zero-order chi connectivity index (χ0) is 13.0. The Bertz CT molecular complexity index is 489. The van der Waals surface area contributed by atoms with Crippen molar-refractivity contribution in [2.45, 2.75) is 39.8 Å². The lowest BCUT2D eigenvalue weighted by atomic mass is 10.0. The van der Waals surface area contributed by atoms with Crippen LogP contribution in [0.3, 0.4) is 0 Å². The van der Waals surface area contributed by atoms with E-state index in [1.54, 1.807) is 17.7 Å². The molecular weight excluding hydrogens is 244 g/mol. The third-order valence-corrected chi connectivity index (χ3v) is 3.98. The molecule has 4 nitrogen and oxygen atoms in total. The molecule has 2 rings (SSSR count). The Labute approximate surface area is 112 Å². The predicted molar refractivity (Wildman–Crippen MR) is 74.9 cm³/mol. The van der Waals surface area contributed by atoms with E-state index in [2.05, 4.69) is 46.9 Å². The van der Waals surface area contributed by atoms with Gasteiger partial charge in [-0.05, 0) is 42.3 Å². The third kappa shape index (κ3) is 2.79. The second-order valence-corrected chi connectivity index (χ2v) is 5.06. The molecule has 0 aliphatic carbocycles. The van der Waals surface area contributed by atoms with Crippen LogP contribution in [0.2, 0.25) is 0 Å². The normalized spacial score (nSPS) is 12.8. The summed E-state index contributed by atoms with van der Waals surface area (Å²) in [4.78, 5) is 4.36. The van der Waals surface area contributed by atoms with Gasteiger partial charge in [-0.15, -0.1) is 0 Å². The number of aromatic nitrogens is 3. The van der Waals surface area contributed by atoms with Crippen molar-refractivity contribution < 1.29 is 0 Å². The summed E-state index contributed by atoms with van der Waals surface area (Å²) in [5, 5.41) is 12.2. The number of thiophene rings is 1. The molecule has 0 aromatic carbocycles. The Morgan fingerprint density at radius 1 is 1.39 bits per heavy atom. The molecule has 0 saturated heterocycles. The number of hydrogen-bond acceptors (Lipinski definition) is 4. The van der Waals surface area contributed by atoms with E-state index >= 15 is 0 Å². The first-order chi connectivity index (χ1) is 8.76. The summed E-state index contributed by atoms with van der Waals surface area (Å²) in [6.07, 6.45) is 2.53. The lowest BCUT2D eigenvalue weighted by molar-refractivity contribution is 0.509. The molecule has 0 aliphatic rings. The molecule has 0 aliphatic heterocycles. The summed E-state index contributed by atoms with van der Waals surface area (Å²) in [5.74, 6) is 1.05. The van der Waals surface area contributed by atoms with Crippen LogP contribution in [0.4, 0.5) is 0 Å². The number of hydrogen-bond donors (Lipinski definition) is 1. The van der Waals surface area contributed by atoms with Crippen molar-refractivity contribution in [2.75, 3.05) is 6.54 Å². The molecule has 0 amide bonds. The number of aryl methyl sites for hydroxylation is 2. The van der Waals surface area contributed by atoms with Crippen molar-refractivity contribution in [3.8, 4) is 0 Å². The number of nitrogens with zero attached hydrogens (tertiary/aromatic N) is 3. The van der Waals surface area contributed by atoms with E-state index < -0.39 is 0 Å².